The number of nitrogens with zero attached hydrogens (tertiary/aromatic N) is 3. The quantitative estimate of drug-likeness (QED) is 0.814. The Hall–Kier alpha value is -2.35. The summed E-state index contributed by atoms with van der Waals surface area (Å²) in [5.41, 5.74) is 5.46. The van der Waals surface area contributed by atoms with Crippen LogP contribution in [-0.2, 0) is 4.74 Å². The minimum absolute atomic E-state index is 0.195. The van der Waals surface area contributed by atoms with E-state index in [0.717, 1.165) is 0 Å². The van der Waals surface area contributed by atoms with Gasteiger partial charge in [-0.3, -0.25) is 4.90 Å². The van der Waals surface area contributed by atoms with E-state index in [1.807, 2.05) is 0 Å². The highest BCUT2D eigenvalue weighted by Crippen LogP contribution is 2.27. The molecule has 19 heavy (non-hydrogen) atoms. The number of ether oxygens (including phenoxy) is 2. The molecule has 0 radical (unpaired) electrons. The summed E-state index contributed by atoms with van der Waals surface area (Å²) in [7, 11) is 0. The van der Waals surface area contributed by atoms with Crippen molar-refractivity contribution in [1.82, 2.24) is 9.97 Å². The second-order valence-electron chi connectivity index (χ2n) is 4.14. The minimum atomic E-state index is -0.431. The third-order valence-electron chi connectivity index (χ3n) is 2.83. The summed E-state index contributed by atoms with van der Waals surface area (Å²) < 4.78 is 10.3. The normalized spacial score (nSPS) is 20.6. The van der Waals surface area contributed by atoms with Crippen LogP contribution in [-0.4, -0.2) is 35.3 Å². The summed E-state index contributed by atoms with van der Waals surface area (Å²) >= 11 is 0. The Morgan fingerprint density at radius 2 is 2.47 bits per heavy atom. The first-order valence-electron chi connectivity index (χ1n) is 5.91. The number of cyclic esters (lactones) is 1. The van der Waals surface area contributed by atoms with Crippen LogP contribution in [0.25, 0.3) is 0 Å². The van der Waals surface area contributed by atoms with Gasteiger partial charge >= 0.3 is 6.09 Å². The smallest absolute Gasteiger partial charge is 0.415 e. The molecule has 1 aromatic rings. The number of nitrogens with one attached hydrogen (secondary N) is 1. The predicted octanol–water partition coefficient (Wildman–Crippen LogP) is 0.426. The standard InChI is InChI=1S/C11H13N5O3/c12-2-1-7-6-16(11(17)19-7)8-5-14-10-9(15-8)13-3-4-18-10/h3-5,7H,1-2,6,12H2,(H,13,15). The maximum absolute atomic E-state index is 11.8. The number of nitrogens with two attached hydrogens (primary N) is 1. The van der Waals surface area contributed by atoms with Crippen LogP contribution in [0.2, 0.25) is 0 Å². The molecule has 0 aromatic carbocycles. The number of carbonyl (C=O) groups excluding carboxylic acids is 1. The zero-order valence-electron chi connectivity index (χ0n) is 10.1. The van der Waals surface area contributed by atoms with Crippen LogP contribution < -0.4 is 20.7 Å². The van der Waals surface area contributed by atoms with Gasteiger partial charge in [-0.1, -0.05) is 0 Å². The van der Waals surface area contributed by atoms with Gasteiger partial charge in [0.15, 0.2) is 11.6 Å². The van der Waals surface area contributed by atoms with E-state index < -0.39 is 6.09 Å². The largest absolute Gasteiger partial charge is 0.444 e. The first-order chi connectivity index (χ1) is 9.28. The lowest BCUT2D eigenvalue weighted by atomic mass is 10.2. The molecule has 2 aliphatic rings. The van der Waals surface area contributed by atoms with Gasteiger partial charge in [-0.2, -0.15) is 0 Å². The molecule has 1 saturated heterocycles. The molecule has 100 valence electrons. The number of hydrogen-bond acceptors (Lipinski definition) is 7. The Labute approximate surface area is 109 Å². The summed E-state index contributed by atoms with van der Waals surface area (Å²) in [6.07, 6.45) is 4.55. The molecule has 1 unspecified atom stereocenters. The zero-order chi connectivity index (χ0) is 13.2. The molecule has 1 amide bonds. The van der Waals surface area contributed by atoms with Crippen LogP contribution in [0.1, 0.15) is 6.42 Å². The molecule has 0 bridgehead atoms. The van der Waals surface area contributed by atoms with Crippen molar-refractivity contribution < 1.29 is 14.3 Å². The average molecular weight is 263 g/mol. The summed E-state index contributed by atoms with van der Waals surface area (Å²) in [4.78, 5) is 21.6. The van der Waals surface area contributed by atoms with E-state index in [4.69, 9.17) is 15.2 Å². The third-order valence-corrected chi connectivity index (χ3v) is 2.83. The zero-order valence-corrected chi connectivity index (χ0v) is 10.1. The van der Waals surface area contributed by atoms with Gasteiger partial charge in [0.2, 0.25) is 0 Å². The van der Waals surface area contributed by atoms with E-state index in [1.165, 1.54) is 17.4 Å². The molecule has 1 atom stereocenters. The molecule has 8 heteroatoms. The van der Waals surface area contributed by atoms with Crippen molar-refractivity contribution in [2.45, 2.75) is 12.5 Å². The molecular formula is C11H13N5O3. The predicted molar refractivity (Wildman–Crippen MR) is 66.7 cm³/mol. The Morgan fingerprint density at radius 1 is 1.58 bits per heavy atom. The molecule has 1 aromatic heterocycles. The van der Waals surface area contributed by atoms with Crippen molar-refractivity contribution in [2.75, 3.05) is 23.3 Å². The first kappa shape index (κ1) is 11.7. The molecule has 8 nitrogen and oxygen atoms in total. The lowest BCUT2D eigenvalue weighted by molar-refractivity contribution is 0.138. The van der Waals surface area contributed by atoms with Crippen LogP contribution >= 0.6 is 0 Å². The molecule has 3 N–H and O–H groups in total. The second-order valence-corrected chi connectivity index (χ2v) is 4.14. The van der Waals surface area contributed by atoms with Crippen molar-refractivity contribution >= 4 is 17.7 Å². The average Bonchev–Trinajstić information content (AvgIpc) is 2.79. The molecular weight excluding hydrogens is 250 g/mol. The van der Waals surface area contributed by atoms with E-state index in [2.05, 4.69) is 15.3 Å². The number of rotatable bonds is 3. The van der Waals surface area contributed by atoms with Gasteiger partial charge in [-0.05, 0) is 13.0 Å². The van der Waals surface area contributed by atoms with E-state index >= 15 is 0 Å². The summed E-state index contributed by atoms with van der Waals surface area (Å²) in [6.45, 7) is 0.905. The van der Waals surface area contributed by atoms with E-state index in [9.17, 15) is 4.79 Å². The number of anilines is 2. The molecule has 0 aliphatic carbocycles. The van der Waals surface area contributed by atoms with Crippen LogP contribution in [0.15, 0.2) is 18.7 Å². The van der Waals surface area contributed by atoms with E-state index in [0.29, 0.717) is 37.0 Å². The Kier molecular flexibility index (Phi) is 2.92. The second kappa shape index (κ2) is 4.73. The minimum Gasteiger partial charge on any atom is -0.444 e. The van der Waals surface area contributed by atoms with Gasteiger partial charge in [-0.15, -0.1) is 0 Å². The SMILES string of the molecule is NCCC1CN(c2cnc3c(n2)NC=CO3)C(=O)O1. The summed E-state index contributed by atoms with van der Waals surface area (Å²) in [5, 5.41) is 2.90. The summed E-state index contributed by atoms with van der Waals surface area (Å²) in [6, 6.07) is 0. The van der Waals surface area contributed by atoms with Crippen LogP contribution in [0.5, 0.6) is 5.88 Å². The molecule has 0 spiro atoms. The molecule has 1 fully saturated rings. The summed E-state index contributed by atoms with van der Waals surface area (Å²) in [5.74, 6) is 1.27. The number of aromatic nitrogens is 2. The monoisotopic (exact) mass is 263 g/mol. The molecule has 3 heterocycles. The van der Waals surface area contributed by atoms with Gasteiger partial charge in [0.05, 0.1) is 12.7 Å². The van der Waals surface area contributed by atoms with Crippen molar-refractivity contribution in [2.24, 2.45) is 5.73 Å². The number of fused-ring (bicyclic) bond motifs is 1. The van der Waals surface area contributed by atoms with Crippen molar-refractivity contribution in [3.63, 3.8) is 0 Å². The van der Waals surface area contributed by atoms with Gasteiger partial charge in [0.1, 0.15) is 12.4 Å². The van der Waals surface area contributed by atoms with Crippen LogP contribution in [0.4, 0.5) is 16.4 Å². The highest BCUT2D eigenvalue weighted by atomic mass is 16.6. The fourth-order valence-corrected chi connectivity index (χ4v) is 1.94. The Bertz CT molecular complexity index is 533. The first-order valence-corrected chi connectivity index (χ1v) is 5.91. The number of carbonyl (C=O) groups is 1. The van der Waals surface area contributed by atoms with E-state index in [-0.39, 0.29) is 6.10 Å². The van der Waals surface area contributed by atoms with Gasteiger partial charge < -0.3 is 20.5 Å². The lowest BCUT2D eigenvalue weighted by Gasteiger charge is -2.15. The lowest BCUT2D eigenvalue weighted by Crippen LogP contribution is -2.26. The fourth-order valence-electron chi connectivity index (χ4n) is 1.94. The molecule has 2 aliphatic heterocycles. The van der Waals surface area contributed by atoms with E-state index in [1.54, 1.807) is 6.20 Å². The fraction of sp³-hybridized carbons (Fsp3) is 0.364. The number of hydrogen-bond donors (Lipinski definition) is 2. The highest BCUT2D eigenvalue weighted by molar-refractivity contribution is 5.88. The number of amides is 1. The molecule has 0 saturated carbocycles. The van der Waals surface area contributed by atoms with Crippen molar-refractivity contribution in [1.29, 1.82) is 0 Å². The van der Waals surface area contributed by atoms with Crippen LogP contribution in [0, 0.1) is 0 Å². The molecule has 3 rings (SSSR count). The third kappa shape index (κ3) is 2.17. The Balaban J connectivity index is 1.81. The maximum atomic E-state index is 11.8. The van der Waals surface area contributed by atoms with Gasteiger partial charge in [0.25, 0.3) is 5.88 Å². The van der Waals surface area contributed by atoms with Gasteiger partial charge in [-0.25, -0.2) is 14.8 Å². The van der Waals surface area contributed by atoms with Crippen molar-refractivity contribution in [3.05, 3.63) is 18.7 Å². The van der Waals surface area contributed by atoms with Crippen LogP contribution in [0.3, 0.4) is 0 Å². The highest BCUT2D eigenvalue weighted by Gasteiger charge is 2.33. The van der Waals surface area contributed by atoms with Gasteiger partial charge in [0, 0.05) is 6.20 Å². The Morgan fingerprint density at radius 3 is 3.32 bits per heavy atom. The maximum Gasteiger partial charge on any atom is 0.415 e. The van der Waals surface area contributed by atoms with Crippen molar-refractivity contribution in [3.8, 4) is 5.88 Å². The topological polar surface area (TPSA) is 103 Å².